The van der Waals surface area contributed by atoms with Crippen LogP contribution in [0.3, 0.4) is 0 Å². The zero-order valence-corrected chi connectivity index (χ0v) is 19.3. The standard InChI is InChI=1S/C23H19IN6O2/c1-13(14-5-3-2-4-6-14)25-23(32)22-26-18-9-16-17(10-19(18)27-22)28-29-21(16)15-7-8-20(31)30(11-15)12-24/h2-11,13,28-29H,12H2,1H3,(H,25,32). The van der Waals surface area contributed by atoms with Crippen LogP contribution < -0.4 is 10.9 Å². The van der Waals surface area contributed by atoms with Gasteiger partial charge in [0.2, 0.25) is 5.82 Å². The van der Waals surface area contributed by atoms with Crippen molar-refractivity contribution in [3.8, 4) is 11.3 Å². The largest absolute Gasteiger partial charge is 0.343 e. The number of carbonyl (C=O) groups is 1. The van der Waals surface area contributed by atoms with Gasteiger partial charge in [-0.3, -0.25) is 14.7 Å². The number of rotatable bonds is 5. The van der Waals surface area contributed by atoms with Crippen molar-refractivity contribution in [2.24, 2.45) is 0 Å². The van der Waals surface area contributed by atoms with E-state index in [4.69, 9.17) is 0 Å². The SMILES string of the molecule is CC(NC(=O)c1nc2cc3[nH][nH]c(-c4ccc(=O)n(CI)c4)c3cc2n1)c1ccccc1. The molecule has 9 heteroatoms. The van der Waals surface area contributed by atoms with Crippen LogP contribution in [0.2, 0.25) is 0 Å². The maximum atomic E-state index is 12.7. The number of imidazole rings is 1. The second-order valence-electron chi connectivity index (χ2n) is 7.51. The lowest BCUT2D eigenvalue weighted by Crippen LogP contribution is -2.27. The van der Waals surface area contributed by atoms with Gasteiger partial charge in [-0.2, -0.15) is 0 Å². The number of aromatic nitrogens is 5. The molecule has 0 aliphatic rings. The fraction of sp³-hybridized carbons (Fsp3) is 0.130. The van der Waals surface area contributed by atoms with Crippen molar-refractivity contribution in [3.63, 3.8) is 0 Å². The first-order valence-electron chi connectivity index (χ1n) is 10.0. The molecule has 32 heavy (non-hydrogen) atoms. The van der Waals surface area contributed by atoms with Crippen LogP contribution in [0.25, 0.3) is 33.2 Å². The topological polar surface area (TPSA) is 108 Å². The number of nitrogens with zero attached hydrogens (tertiary/aromatic N) is 3. The molecule has 0 saturated heterocycles. The Hall–Kier alpha value is -3.47. The molecule has 5 aromatic rings. The quantitative estimate of drug-likeness (QED) is 0.231. The Kier molecular flexibility index (Phi) is 5.25. The first-order chi connectivity index (χ1) is 15.5. The smallest absolute Gasteiger partial charge is 0.289 e. The lowest BCUT2D eigenvalue weighted by molar-refractivity contribution is 0.0930. The van der Waals surface area contributed by atoms with Gasteiger partial charge in [0.15, 0.2) is 0 Å². The lowest BCUT2D eigenvalue weighted by atomic mass is 10.1. The molecule has 1 atom stereocenters. The molecule has 0 aliphatic carbocycles. The highest BCUT2D eigenvalue weighted by atomic mass is 127. The van der Waals surface area contributed by atoms with E-state index in [1.807, 2.05) is 55.6 Å². The minimum Gasteiger partial charge on any atom is -0.343 e. The molecule has 3 N–H and O–H groups in total. The molecule has 0 aliphatic heterocycles. The number of carbonyl (C=O) groups excluding carboxylic acids is 1. The zero-order chi connectivity index (χ0) is 22.2. The predicted molar refractivity (Wildman–Crippen MR) is 132 cm³/mol. The number of alkyl halides is 1. The third kappa shape index (κ3) is 3.68. The van der Waals surface area contributed by atoms with E-state index in [1.54, 1.807) is 16.7 Å². The van der Waals surface area contributed by atoms with Crippen molar-refractivity contribution in [3.05, 3.63) is 82.5 Å². The van der Waals surface area contributed by atoms with Crippen molar-refractivity contribution >= 4 is 50.4 Å². The van der Waals surface area contributed by atoms with Crippen LogP contribution in [-0.2, 0) is 4.55 Å². The van der Waals surface area contributed by atoms with Crippen LogP contribution in [0.5, 0.6) is 0 Å². The molecular formula is C23H19IN6O2. The summed E-state index contributed by atoms with van der Waals surface area (Å²) in [6.45, 7) is 1.93. The maximum Gasteiger partial charge on any atom is 0.289 e. The summed E-state index contributed by atoms with van der Waals surface area (Å²) in [6.07, 6.45) is 1.82. The Labute approximate surface area is 196 Å². The maximum absolute atomic E-state index is 12.7. The number of nitrogens with one attached hydrogen (secondary N) is 3. The molecule has 2 aromatic carbocycles. The number of halogens is 1. The molecule has 3 heterocycles. The van der Waals surface area contributed by atoms with Gasteiger partial charge in [0, 0.05) is 23.2 Å². The van der Waals surface area contributed by atoms with E-state index in [1.165, 1.54) is 0 Å². The number of benzene rings is 2. The van der Waals surface area contributed by atoms with Crippen molar-refractivity contribution < 1.29 is 4.79 Å². The summed E-state index contributed by atoms with van der Waals surface area (Å²) >= 11 is 2.15. The summed E-state index contributed by atoms with van der Waals surface area (Å²) in [6, 6.07) is 16.7. The Balaban J connectivity index is 1.49. The van der Waals surface area contributed by atoms with E-state index in [9.17, 15) is 9.59 Å². The third-order valence-corrected chi connectivity index (χ3v) is 6.15. The number of amides is 1. The van der Waals surface area contributed by atoms with Gasteiger partial charge < -0.3 is 15.0 Å². The van der Waals surface area contributed by atoms with E-state index in [0.29, 0.717) is 15.6 Å². The normalized spacial score (nSPS) is 12.3. The van der Waals surface area contributed by atoms with Gasteiger partial charge in [0.25, 0.3) is 11.5 Å². The third-order valence-electron chi connectivity index (χ3n) is 5.41. The fourth-order valence-corrected chi connectivity index (χ4v) is 4.24. The van der Waals surface area contributed by atoms with Gasteiger partial charge in [-0.15, -0.1) is 0 Å². The molecule has 160 valence electrons. The van der Waals surface area contributed by atoms with E-state index < -0.39 is 0 Å². The molecule has 0 radical (unpaired) electrons. The number of hydrogen-bond acceptors (Lipinski definition) is 4. The second kappa shape index (κ2) is 8.23. The molecule has 5 rings (SSSR count). The molecule has 0 saturated carbocycles. The van der Waals surface area contributed by atoms with E-state index in [-0.39, 0.29) is 23.3 Å². The van der Waals surface area contributed by atoms with Gasteiger partial charge in [0.1, 0.15) is 0 Å². The van der Waals surface area contributed by atoms with Crippen molar-refractivity contribution in [2.75, 3.05) is 0 Å². The zero-order valence-electron chi connectivity index (χ0n) is 17.1. The summed E-state index contributed by atoms with van der Waals surface area (Å²) < 4.78 is 2.20. The Morgan fingerprint density at radius 3 is 2.59 bits per heavy atom. The molecule has 3 aromatic heterocycles. The van der Waals surface area contributed by atoms with Gasteiger partial charge in [-0.1, -0.05) is 52.9 Å². The highest BCUT2D eigenvalue weighted by Crippen LogP contribution is 2.29. The van der Waals surface area contributed by atoms with Gasteiger partial charge in [-0.25, -0.2) is 9.97 Å². The predicted octanol–water partition coefficient (Wildman–Crippen LogP) is 4.15. The van der Waals surface area contributed by atoms with Gasteiger partial charge in [-0.05, 0) is 30.7 Å². The van der Waals surface area contributed by atoms with Crippen LogP contribution in [0.4, 0.5) is 0 Å². The first kappa shape index (κ1) is 20.4. The summed E-state index contributed by atoms with van der Waals surface area (Å²) in [5.41, 5.74) is 4.78. The van der Waals surface area contributed by atoms with Crippen LogP contribution in [0.1, 0.15) is 29.1 Å². The average molecular weight is 538 g/mol. The number of aromatic amines is 2. The van der Waals surface area contributed by atoms with Gasteiger partial charge >= 0.3 is 0 Å². The number of H-pyrrole nitrogens is 2. The van der Waals surface area contributed by atoms with Crippen molar-refractivity contribution in [1.29, 1.82) is 0 Å². The van der Waals surface area contributed by atoms with Crippen molar-refractivity contribution in [1.82, 2.24) is 30.0 Å². The minimum atomic E-state index is -0.317. The summed E-state index contributed by atoms with van der Waals surface area (Å²) in [5, 5.41) is 10.2. The van der Waals surface area contributed by atoms with E-state index in [0.717, 1.165) is 27.7 Å². The molecule has 0 fully saturated rings. The van der Waals surface area contributed by atoms with Crippen LogP contribution in [0.15, 0.2) is 65.6 Å². The number of hydrogen-bond donors (Lipinski definition) is 3. The summed E-state index contributed by atoms with van der Waals surface area (Å²) in [5.74, 6) is -0.179. The van der Waals surface area contributed by atoms with Gasteiger partial charge in [0.05, 0.1) is 32.8 Å². The number of fused-ring (bicyclic) bond motifs is 2. The van der Waals surface area contributed by atoms with Crippen LogP contribution >= 0.6 is 22.6 Å². The molecule has 8 nitrogen and oxygen atoms in total. The monoisotopic (exact) mass is 538 g/mol. The Morgan fingerprint density at radius 1 is 1.09 bits per heavy atom. The minimum absolute atomic E-state index is 0.0485. The van der Waals surface area contributed by atoms with Crippen LogP contribution in [-0.4, -0.2) is 30.6 Å². The Bertz CT molecular complexity index is 1500. The number of pyridine rings is 1. The highest BCUT2D eigenvalue weighted by Gasteiger charge is 2.18. The highest BCUT2D eigenvalue weighted by molar-refractivity contribution is 14.1. The average Bonchev–Trinajstić information content (AvgIpc) is 3.42. The molecule has 0 bridgehead atoms. The summed E-state index contributed by atoms with van der Waals surface area (Å²) in [4.78, 5) is 33.6. The van der Waals surface area contributed by atoms with E-state index >= 15 is 0 Å². The lowest BCUT2D eigenvalue weighted by Gasteiger charge is -2.12. The van der Waals surface area contributed by atoms with Crippen LogP contribution in [0, 0.1) is 0 Å². The van der Waals surface area contributed by atoms with Crippen molar-refractivity contribution in [2.45, 2.75) is 17.5 Å². The fourth-order valence-electron chi connectivity index (χ4n) is 3.70. The first-order valence-corrected chi connectivity index (χ1v) is 11.6. The Morgan fingerprint density at radius 2 is 1.84 bits per heavy atom. The summed E-state index contributed by atoms with van der Waals surface area (Å²) in [7, 11) is 0. The molecule has 1 amide bonds. The second-order valence-corrected chi connectivity index (χ2v) is 8.19. The molecule has 0 spiro atoms. The molecular weight excluding hydrogens is 519 g/mol. The molecule has 1 unspecified atom stereocenters. The van der Waals surface area contributed by atoms with E-state index in [2.05, 4.69) is 48.1 Å².